The summed E-state index contributed by atoms with van der Waals surface area (Å²) in [5, 5.41) is 0. The van der Waals surface area contributed by atoms with Gasteiger partial charge in [0.15, 0.2) is 31.5 Å². The van der Waals surface area contributed by atoms with Crippen LogP contribution in [-0.4, -0.2) is 70.1 Å². The Hall–Kier alpha value is -8.36. The maximum absolute atomic E-state index is 6.47. The van der Waals surface area contributed by atoms with Crippen molar-refractivity contribution in [3.05, 3.63) is 237 Å². The molecule has 7 aromatic carbocycles. The Bertz CT molecular complexity index is 4390. The summed E-state index contributed by atoms with van der Waals surface area (Å²) in [4.78, 5) is 0. The number of hydrogen-bond donors (Lipinski definition) is 0. The first kappa shape index (κ1) is 88.5. The van der Waals surface area contributed by atoms with Gasteiger partial charge in [-0.2, -0.15) is 0 Å². The van der Waals surface area contributed by atoms with Gasteiger partial charge in [0.2, 0.25) is 0 Å². The molecule has 122 heavy (non-hydrogen) atoms. The van der Waals surface area contributed by atoms with Crippen LogP contribution in [0.5, 0.6) is 46.0 Å². The zero-order chi connectivity index (χ0) is 84.7. The van der Waals surface area contributed by atoms with Crippen molar-refractivity contribution in [2.45, 2.75) is 233 Å². The molecule has 14 aliphatic carbocycles. The molecule has 7 aromatic rings. The molecule has 15 unspecified atom stereocenters. The Morgan fingerprint density at radius 2 is 0.738 bits per heavy atom. The monoisotopic (exact) mass is 1650 g/mol. The SMILES string of the molecule is C=C(C)c1ccc(OC(C)OCCC2CC3CCC2C3)cc1.C=C(C)c1ccc(OC(C)OCCOc2ccc(Oc3ccccc3)cc2)cc1.C=Cc1ccc(OC(C)OC23CC4CC(CC(C4)C2)C3)cc1.C=Cc1ccc(OC(C)OCC23CC4CC(CC(C4)C2)C3)cc1.C=Cc1ccc(OC(C)OCCC2CC3CC2C2C4CCC(C4)C32)cc1. The highest BCUT2D eigenvalue weighted by atomic mass is 16.7. The maximum atomic E-state index is 6.47. The molecular formula is C110H140O12. The Morgan fingerprint density at radius 3 is 1.18 bits per heavy atom. The van der Waals surface area contributed by atoms with E-state index in [0.717, 1.165) is 199 Å². The van der Waals surface area contributed by atoms with E-state index in [4.69, 9.17) is 56.8 Å². The van der Waals surface area contributed by atoms with Crippen molar-refractivity contribution in [1.29, 1.82) is 0 Å². The van der Waals surface area contributed by atoms with Gasteiger partial charge in [-0.05, 0) is 415 Å². The van der Waals surface area contributed by atoms with Gasteiger partial charge in [-0.15, -0.1) is 0 Å². The first-order valence-electron chi connectivity index (χ1n) is 46.8. The third-order valence-corrected chi connectivity index (χ3v) is 29.7. The molecule has 0 aromatic heterocycles. The van der Waals surface area contributed by atoms with Crippen LogP contribution in [0.15, 0.2) is 209 Å². The molecule has 12 heteroatoms. The largest absolute Gasteiger partial charge is 0.491 e. The molecule has 0 radical (unpaired) electrons. The summed E-state index contributed by atoms with van der Waals surface area (Å²) in [5.41, 5.74) is 8.24. The highest BCUT2D eigenvalue weighted by molar-refractivity contribution is 5.62. The molecule has 14 aliphatic rings. The predicted octanol–water partition coefficient (Wildman–Crippen LogP) is 27.7. The van der Waals surface area contributed by atoms with Gasteiger partial charge in [0.05, 0.1) is 32.0 Å². The lowest BCUT2D eigenvalue weighted by Crippen LogP contribution is -2.53. The fraction of sp³-hybridized carbons (Fsp3) is 0.527. The molecular weight excluding hydrogens is 1510 g/mol. The highest BCUT2D eigenvalue weighted by Gasteiger charge is 2.62. The van der Waals surface area contributed by atoms with Crippen LogP contribution in [-0.2, 0) is 23.7 Å². The van der Waals surface area contributed by atoms with Crippen molar-refractivity contribution in [3.8, 4) is 46.0 Å². The number of allylic oxidation sites excluding steroid dienone is 2. The second-order valence-electron chi connectivity index (χ2n) is 38.8. The van der Waals surface area contributed by atoms with Gasteiger partial charge < -0.3 is 56.8 Å². The van der Waals surface area contributed by atoms with E-state index in [1.54, 1.807) is 12.8 Å². The first-order chi connectivity index (χ1) is 59.2. The van der Waals surface area contributed by atoms with Crippen LogP contribution in [0, 0.1) is 100 Å². The van der Waals surface area contributed by atoms with E-state index in [9.17, 15) is 0 Å². The average molecular weight is 1650 g/mol. The number of fused-ring (bicyclic) bond motifs is 11. The van der Waals surface area contributed by atoms with Crippen molar-refractivity contribution in [3.63, 3.8) is 0 Å². The maximum Gasteiger partial charge on any atom is 0.197 e. The van der Waals surface area contributed by atoms with E-state index in [1.165, 1.54) is 135 Å². The van der Waals surface area contributed by atoms with Crippen LogP contribution in [0.4, 0.5) is 0 Å². The molecule has 0 amide bonds. The van der Waals surface area contributed by atoms with Gasteiger partial charge in [-0.25, -0.2) is 0 Å². The van der Waals surface area contributed by atoms with E-state index in [1.807, 2.05) is 243 Å². The quantitative estimate of drug-likeness (QED) is 0.0214. The normalized spacial score (nSPS) is 29.9. The average Bonchev–Trinajstić information content (AvgIpc) is 1.54. The molecule has 14 saturated carbocycles. The summed E-state index contributed by atoms with van der Waals surface area (Å²) in [6.45, 7) is 36.5. The van der Waals surface area contributed by atoms with Crippen LogP contribution < -0.4 is 33.2 Å². The molecule has 12 nitrogen and oxygen atoms in total. The second-order valence-corrected chi connectivity index (χ2v) is 38.8. The summed E-state index contributed by atoms with van der Waals surface area (Å²) in [6, 6.07) is 57.1. The number of rotatable bonds is 35. The van der Waals surface area contributed by atoms with E-state index < -0.39 is 0 Å². The lowest BCUT2D eigenvalue weighted by Gasteiger charge is -2.56. The summed E-state index contributed by atoms with van der Waals surface area (Å²) >= 11 is 0. The molecule has 14 fully saturated rings. The molecule has 14 bridgehead atoms. The lowest BCUT2D eigenvalue weighted by molar-refractivity contribution is -0.225. The summed E-state index contributed by atoms with van der Waals surface area (Å²) in [6.07, 6.45) is 37.1. The lowest BCUT2D eigenvalue weighted by atomic mass is 9.50. The Labute approximate surface area is 730 Å². The van der Waals surface area contributed by atoms with Crippen LogP contribution in [0.3, 0.4) is 0 Å². The van der Waals surface area contributed by atoms with E-state index >= 15 is 0 Å². The standard InChI is InChI=1S/C25H26O4.C24H32O2.C21H28O2.C20H26O2.C20H28O2/c1-19(2)21-9-11-24(12-10-21)28-20(3)26-17-18-27-22-13-15-25(16-14-22)29-23-7-5-4-6-8-23;1-3-16-4-8-21(9-5-16)26-15(2)25-11-10-17-12-20-14-22(17)24-19-7-6-18(13-19)23(20)24;1-3-16-4-6-20(7-5-16)23-15(2)22-14-21-11-17-8-18(12-21)10-19(9-17)13-21;1-3-15-4-6-19(7-5-15)21-14(2)22-20-11-16-8-17(12-20)10-18(9-16)13-20;1-14(2)17-6-8-20(9-7-17)22-15(3)21-11-10-19-13-16-4-5-18(19)12-16/h4-16,20H,1,17-18H2,2-3H3;3-5,8-9,15,17-20,22-24H,1,6-7,10-14H2,2H3;3-7,15,17-19H,1,8-14H2,2H3;3-7,14,16-18H,1,8-13H2,2H3;6-9,15-16,18-19H,1,4-5,10-13H2,2-3H3. The molecule has 21 rings (SSSR count). The minimum atomic E-state index is -0.365. The van der Waals surface area contributed by atoms with Crippen LogP contribution in [0.2, 0.25) is 0 Å². The second kappa shape index (κ2) is 41.6. The molecule has 0 aliphatic heterocycles. The van der Waals surface area contributed by atoms with Crippen molar-refractivity contribution >= 4 is 29.4 Å². The zero-order valence-corrected chi connectivity index (χ0v) is 74.3. The topological polar surface area (TPSA) is 111 Å². The van der Waals surface area contributed by atoms with Gasteiger partial charge in [0, 0.05) is 0 Å². The molecule has 652 valence electrons. The number of para-hydroxylation sites is 1. The molecule has 15 atom stereocenters. The smallest absolute Gasteiger partial charge is 0.197 e. The van der Waals surface area contributed by atoms with Crippen LogP contribution in [0.1, 0.15) is 224 Å². The third-order valence-electron chi connectivity index (χ3n) is 29.7. The number of benzene rings is 7. The van der Waals surface area contributed by atoms with Crippen LogP contribution in [0.25, 0.3) is 29.4 Å². The zero-order valence-electron chi connectivity index (χ0n) is 74.3. The minimum absolute atomic E-state index is 0.106. The third kappa shape index (κ3) is 23.8. The molecule has 0 saturated heterocycles. The Morgan fingerprint density at radius 1 is 0.344 bits per heavy atom. The van der Waals surface area contributed by atoms with Crippen molar-refractivity contribution in [1.82, 2.24) is 0 Å². The summed E-state index contributed by atoms with van der Waals surface area (Å²) < 4.78 is 71.0. The van der Waals surface area contributed by atoms with Gasteiger partial charge in [0.25, 0.3) is 0 Å². The predicted molar refractivity (Wildman–Crippen MR) is 493 cm³/mol. The fourth-order valence-corrected chi connectivity index (χ4v) is 25.2. The molecule has 0 N–H and O–H groups in total. The van der Waals surface area contributed by atoms with Gasteiger partial charge in [-0.1, -0.05) is 148 Å². The Balaban J connectivity index is 0.000000119. The van der Waals surface area contributed by atoms with E-state index in [0.29, 0.717) is 18.6 Å². The highest BCUT2D eigenvalue weighted by Crippen LogP contribution is 2.69. The first-order valence-corrected chi connectivity index (χ1v) is 46.8. The van der Waals surface area contributed by atoms with Crippen LogP contribution >= 0.6 is 0 Å². The van der Waals surface area contributed by atoms with Gasteiger partial charge in [-0.3, -0.25) is 0 Å². The van der Waals surface area contributed by atoms with Crippen molar-refractivity contribution < 1.29 is 56.8 Å². The number of ether oxygens (including phenoxy) is 12. The molecule has 0 heterocycles. The van der Waals surface area contributed by atoms with Gasteiger partial charge >= 0.3 is 0 Å². The molecule has 0 spiro atoms. The minimum Gasteiger partial charge on any atom is -0.491 e. The Kier molecular flexibility index (Phi) is 30.2. The van der Waals surface area contributed by atoms with E-state index in [-0.39, 0.29) is 37.1 Å². The summed E-state index contributed by atoms with van der Waals surface area (Å²) in [7, 11) is 0. The fourth-order valence-electron chi connectivity index (χ4n) is 25.2. The van der Waals surface area contributed by atoms with Gasteiger partial charge in [0.1, 0.15) is 52.6 Å². The van der Waals surface area contributed by atoms with Crippen molar-refractivity contribution in [2.24, 2.45) is 100 Å². The summed E-state index contributed by atoms with van der Waals surface area (Å²) in [5.74, 6) is 22.5. The number of hydrogen-bond acceptors (Lipinski definition) is 12. The van der Waals surface area contributed by atoms with E-state index in [2.05, 4.69) is 32.9 Å². The van der Waals surface area contributed by atoms with Crippen molar-refractivity contribution in [2.75, 3.05) is 33.0 Å².